The van der Waals surface area contributed by atoms with E-state index in [9.17, 15) is 13.2 Å². The Morgan fingerprint density at radius 2 is 1.97 bits per heavy atom. The van der Waals surface area contributed by atoms with Crippen molar-refractivity contribution >= 4 is 23.1 Å². The van der Waals surface area contributed by atoms with Crippen LogP contribution in [0.25, 0.3) is 16.8 Å². The molecule has 0 radical (unpaired) electrons. The van der Waals surface area contributed by atoms with E-state index in [2.05, 4.69) is 14.9 Å². The number of benzene rings is 1. The maximum Gasteiger partial charge on any atom is 0.422 e. The summed E-state index contributed by atoms with van der Waals surface area (Å²) in [6, 6.07) is 8.16. The Kier molecular flexibility index (Phi) is 4.63. The zero-order valence-corrected chi connectivity index (χ0v) is 17.2. The standard InChI is InChI=1S/C21H18ClF3N4O2/c1-28-10-20(11-28)9-26-19(31-20)16-8-29-7-13(22)6-15(18(29)27-16)14-4-2-3-5-17(14)30-12-21(23,24)25/h2-8H,9-12H2,1H3. The predicted molar refractivity (Wildman–Crippen MR) is 110 cm³/mol. The van der Waals surface area contributed by atoms with Gasteiger partial charge in [0, 0.05) is 36.6 Å². The fourth-order valence-corrected chi connectivity index (χ4v) is 4.27. The summed E-state index contributed by atoms with van der Waals surface area (Å²) in [6.45, 7) is 0.784. The molecule has 1 saturated heterocycles. The molecule has 0 unspecified atom stereocenters. The maximum atomic E-state index is 12.7. The molecule has 31 heavy (non-hydrogen) atoms. The lowest BCUT2D eigenvalue weighted by Crippen LogP contribution is -2.62. The van der Waals surface area contributed by atoms with E-state index in [0.717, 1.165) is 13.1 Å². The second-order valence-corrected chi connectivity index (χ2v) is 8.34. The Balaban J connectivity index is 1.52. The van der Waals surface area contributed by atoms with Crippen molar-refractivity contribution < 1.29 is 22.6 Å². The number of ether oxygens (including phenoxy) is 2. The van der Waals surface area contributed by atoms with Crippen LogP contribution in [0.4, 0.5) is 13.2 Å². The van der Waals surface area contributed by atoms with Gasteiger partial charge in [-0.2, -0.15) is 13.2 Å². The topological polar surface area (TPSA) is 51.4 Å². The van der Waals surface area contributed by atoms with Crippen molar-refractivity contribution in [2.45, 2.75) is 11.8 Å². The quantitative estimate of drug-likeness (QED) is 0.601. The first kappa shape index (κ1) is 20.1. The number of aliphatic imine (C=N–C) groups is 1. The summed E-state index contributed by atoms with van der Waals surface area (Å²) in [5.74, 6) is 0.555. The molecular weight excluding hydrogens is 433 g/mol. The molecule has 1 aromatic carbocycles. The molecule has 0 bridgehead atoms. The number of para-hydroxylation sites is 1. The van der Waals surface area contributed by atoms with Gasteiger partial charge in [0.1, 0.15) is 17.1 Å². The molecule has 0 N–H and O–H groups in total. The molecule has 162 valence electrons. The van der Waals surface area contributed by atoms with Crippen molar-refractivity contribution in [3.8, 4) is 16.9 Å². The molecular formula is C21H18ClF3N4O2. The minimum Gasteiger partial charge on any atom is -0.483 e. The zero-order valence-electron chi connectivity index (χ0n) is 16.5. The molecule has 0 aliphatic carbocycles. The lowest BCUT2D eigenvalue weighted by molar-refractivity contribution is -0.153. The van der Waals surface area contributed by atoms with Gasteiger partial charge in [-0.1, -0.05) is 29.8 Å². The van der Waals surface area contributed by atoms with Crippen LogP contribution in [0.5, 0.6) is 5.75 Å². The third kappa shape index (κ3) is 3.83. The van der Waals surface area contributed by atoms with Crippen LogP contribution in [-0.4, -0.2) is 65.2 Å². The largest absolute Gasteiger partial charge is 0.483 e. The number of aromatic nitrogens is 2. The molecule has 1 fully saturated rings. The fraction of sp³-hybridized carbons (Fsp3) is 0.333. The molecule has 6 nitrogen and oxygen atoms in total. The summed E-state index contributed by atoms with van der Waals surface area (Å²) in [7, 11) is 2.02. The van der Waals surface area contributed by atoms with E-state index in [-0.39, 0.29) is 11.4 Å². The number of nitrogens with zero attached hydrogens (tertiary/aromatic N) is 4. The van der Waals surface area contributed by atoms with Crippen molar-refractivity contribution in [1.29, 1.82) is 0 Å². The number of fused-ring (bicyclic) bond motifs is 1. The van der Waals surface area contributed by atoms with E-state index >= 15 is 0 Å². The third-order valence-electron chi connectivity index (χ3n) is 5.25. The van der Waals surface area contributed by atoms with Crippen LogP contribution in [0.2, 0.25) is 5.02 Å². The average molecular weight is 451 g/mol. The van der Waals surface area contributed by atoms with Crippen LogP contribution in [0.15, 0.2) is 47.7 Å². The van der Waals surface area contributed by atoms with E-state index < -0.39 is 12.8 Å². The average Bonchev–Trinajstić information content (AvgIpc) is 3.30. The number of hydrogen-bond donors (Lipinski definition) is 0. The molecule has 0 atom stereocenters. The van der Waals surface area contributed by atoms with Gasteiger partial charge in [0.15, 0.2) is 12.2 Å². The normalized spacial score (nSPS) is 18.2. The van der Waals surface area contributed by atoms with Gasteiger partial charge in [0.05, 0.1) is 11.6 Å². The maximum absolute atomic E-state index is 12.7. The van der Waals surface area contributed by atoms with Gasteiger partial charge in [-0.05, 0) is 19.2 Å². The highest BCUT2D eigenvalue weighted by Crippen LogP contribution is 2.36. The Morgan fingerprint density at radius 3 is 2.71 bits per heavy atom. The van der Waals surface area contributed by atoms with E-state index in [1.54, 1.807) is 41.1 Å². The lowest BCUT2D eigenvalue weighted by Gasteiger charge is -2.44. The van der Waals surface area contributed by atoms with E-state index in [0.29, 0.717) is 39.9 Å². The number of pyridine rings is 1. The first-order valence-electron chi connectivity index (χ1n) is 9.61. The van der Waals surface area contributed by atoms with Crippen LogP contribution >= 0.6 is 11.6 Å². The van der Waals surface area contributed by atoms with Gasteiger partial charge in [-0.15, -0.1) is 0 Å². The number of hydrogen-bond acceptors (Lipinski definition) is 5. The second kappa shape index (κ2) is 7.13. The zero-order chi connectivity index (χ0) is 21.8. The highest BCUT2D eigenvalue weighted by atomic mass is 35.5. The molecule has 2 aromatic heterocycles. The summed E-state index contributed by atoms with van der Waals surface area (Å²) >= 11 is 6.30. The number of rotatable bonds is 4. The van der Waals surface area contributed by atoms with Gasteiger partial charge in [-0.25, -0.2) is 9.98 Å². The first-order chi connectivity index (χ1) is 14.7. The number of halogens is 4. The Bertz CT molecular complexity index is 1190. The SMILES string of the molecule is CN1CC2(CN=C(c3cn4cc(Cl)cc(-c5ccccc5OCC(F)(F)F)c4n3)O2)C1. The minimum absolute atomic E-state index is 0.0967. The van der Waals surface area contributed by atoms with Crippen LogP contribution < -0.4 is 4.74 Å². The number of likely N-dealkylation sites (N-methyl/N-ethyl adjacent to an activating group) is 1. The summed E-state index contributed by atoms with van der Waals surface area (Å²) in [4.78, 5) is 11.3. The fourth-order valence-electron chi connectivity index (χ4n) is 4.06. The van der Waals surface area contributed by atoms with Crippen LogP contribution in [-0.2, 0) is 4.74 Å². The molecule has 5 rings (SSSR count). The summed E-state index contributed by atoms with van der Waals surface area (Å²) in [5.41, 5.74) is 1.78. The Labute approximate surface area is 180 Å². The summed E-state index contributed by atoms with van der Waals surface area (Å²) < 4.78 is 51.0. The molecule has 3 aromatic rings. The first-order valence-corrected chi connectivity index (χ1v) is 9.99. The smallest absolute Gasteiger partial charge is 0.422 e. The minimum atomic E-state index is -4.44. The molecule has 10 heteroatoms. The third-order valence-corrected chi connectivity index (χ3v) is 5.45. The summed E-state index contributed by atoms with van der Waals surface area (Å²) in [6.07, 6.45) is -1.01. The highest BCUT2D eigenvalue weighted by Gasteiger charge is 2.47. The van der Waals surface area contributed by atoms with E-state index in [1.165, 1.54) is 6.07 Å². The van der Waals surface area contributed by atoms with Gasteiger partial charge in [0.2, 0.25) is 5.90 Å². The number of alkyl halides is 3. The van der Waals surface area contributed by atoms with E-state index in [1.807, 2.05) is 7.05 Å². The van der Waals surface area contributed by atoms with Crippen molar-refractivity contribution in [3.05, 3.63) is 53.4 Å². The molecule has 0 amide bonds. The Hall–Kier alpha value is -2.78. The van der Waals surface area contributed by atoms with Crippen molar-refractivity contribution in [3.63, 3.8) is 0 Å². The van der Waals surface area contributed by atoms with Crippen molar-refractivity contribution in [1.82, 2.24) is 14.3 Å². The molecule has 1 spiro atoms. The van der Waals surface area contributed by atoms with Gasteiger partial charge in [-0.3, -0.25) is 4.90 Å². The molecule has 4 heterocycles. The number of likely N-dealkylation sites (tertiary alicyclic amines) is 1. The van der Waals surface area contributed by atoms with E-state index in [4.69, 9.17) is 21.1 Å². The van der Waals surface area contributed by atoms with Crippen molar-refractivity contribution in [2.24, 2.45) is 4.99 Å². The van der Waals surface area contributed by atoms with Gasteiger partial charge >= 0.3 is 6.18 Å². The predicted octanol–water partition coefficient (Wildman–Crippen LogP) is 4.06. The van der Waals surface area contributed by atoms with Gasteiger partial charge in [0.25, 0.3) is 0 Å². The Morgan fingerprint density at radius 1 is 1.19 bits per heavy atom. The van der Waals surface area contributed by atoms with Gasteiger partial charge < -0.3 is 13.9 Å². The highest BCUT2D eigenvalue weighted by molar-refractivity contribution is 6.31. The second-order valence-electron chi connectivity index (χ2n) is 7.91. The molecule has 2 aliphatic rings. The summed E-state index contributed by atoms with van der Waals surface area (Å²) in [5, 5.41) is 0.406. The van der Waals surface area contributed by atoms with Crippen LogP contribution in [0.1, 0.15) is 5.69 Å². The molecule has 0 saturated carbocycles. The monoisotopic (exact) mass is 450 g/mol. The molecule has 2 aliphatic heterocycles. The van der Waals surface area contributed by atoms with Crippen LogP contribution in [0, 0.1) is 0 Å². The number of imidazole rings is 1. The van der Waals surface area contributed by atoms with Crippen LogP contribution in [0.3, 0.4) is 0 Å². The lowest BCUT2D eigenvalue weighted by atomic mass is 9.95. The van der Waals surface area contributed by atoms with Crippen molar-refractivity contribution in [2.75, 3.05) is 33.3 Å².